The van der Waals surface area contributed by atoms with E-state index in [4.69, 9.17) is 0 Å². The van der Waals surface area contributed by atoms with Crippen LogP contribution in [0.15, 0.2) is 0 Å². The second kappa shape index (κ2) is 5.71. The van der Waals surface area contributed by atoms with E-state index in [9.17, 15) is 18.0 Å². The summed E-state index contributed by atoms with van der Waals surface area (Å²) in [6.07, 6.45) is 1.37. The van der Waals surface area contributed by atoms with Gasteiger partial charge in [0, 0.05) is 25.8 Å². The number of sulfone groups is 1. The number of hydrogen-bond donors (Lipinski definition) is 1. The Morgan fingerprint density at radius 3 is 2.35 bits per heavy atom. The number of carbonyl (C=O) groups is 2. The molecule has 1 aliphatic rings. The predicted molar refractivity (Wildman–Crippen MR) is 76.9 cm³/mol. The number of hydrogen-bond acceptors (Lipinski definition) is 4. The van der Waals surface area contributed by atoms with E-state index in [1.807, 2.05) is 13.8 Å². The molecule has 1 rings (SSSR count). The highest BCUT2D eigenvalue weighted by atomic mass is 32.2. The zero-order valence-corrected chi connectivity index (χ0v) is 13.6. The van der Waals surface area contributed by atoms with Crippen molar-refractivity contribution in [2.75, 3.05) is 19.3 Å². The molecule has 0 aromatic carbocycles. The van der Waals surface area contributed by atoms with Crippen molar-refractivity contribution in [2.45, 2.75) is 44.9 Å². The van der Waals surface area contributed by atoms with Crippen LogP contribution in [0.5, 0.6) is 0 Å². The molecule has 0 radical (unpaired) electrons. The number of nitrogens with one attached hydrogen (secondary N) is 1. The van der Waals surface area contributed by atoms with Gasteiger partial charge in [0.2, 0.25) is 11.8 Å². The summed E-state index contributed by atoms with van der Waals surface area (Å²) >= 11 is 0. The van der Waals surface area contributed by atoms with E-state index in [1.54, 1.807) is 13.8 Å². The van der Waals surface area contributed by atoms with Gasteiger partial charge in [-0.3, -0.25) is 9.59 Å². The molecule has 2 amide bonds. The van der Waals surface area contributed by atoms with Crippen LogP contribution in [0.4, 0.5) is 0 Å². The molecule has 1 unspecified atom stereocenters. The van der Waals surface area contributed by atoms with Crippen LogP contribution in [-0.4, -0.2) is 55.3 Å². The number of nitrogens with zero attached hydrogens (tertiary/aromatic N) is 1. The molecule has 116 valence electrons. The first kappa shape index (κ1) is 16.9. The highest BCUT2D eigenvalue weighted by Gasteiger charge is 2.38. The average molecular weight is 304 g/mol. The summed E-state index contributed by atoms with van der Waals surface area (Å²) in [4.78, 5) is 25.6. The lowest BCUT2D eigenvalue weighted by atomic mass is 10.0. The van der Waals surface area contributed by atoms with Crippen LogP contribution in [0.2, 0.25) is 0 Å². The second-order valence-corrected chi connectivity index (χ2v) is 8.98. The van der Waals surface area contributed by atoms with E-state index in [2.05, 4.69) is 5.32 Å². The lowest BCUT2D eigenvalue weighted by molar-refractivity contribution is -0.135. The molecule has 20 heavy (non-hydrogen) atoms. The van der Waals surface area contributed by atoms with Gasteiger partial charge in [0.25, 0.3) is 0 Å². The van der Waals surface area contributed by atoms with Crippen molar-refractivity contribution in [1.82, 2.24) is 10.2 Å². The minimum absolute atomic E-state index is 0.0339. The van der Waals surface area contributed by atoms with Crippen LogP contribution in [-0.2, 0) is 19.4 Å². The van der Waals surface area contributed by atoms with Crippen molar-refractivity contribution in [3.8, 4) is 0 Å². The van der Waals surface area contributed by atoms with E-state index >= 15 is 0 Å². The monoisotopic (exact) mass is 304 g/mol. The minimum Gasteiger partial charge on any atom is -0.344 e. The molecule has 0 aliphatic carbocycles. The normalized spacial score (nSPS) is 21.9. The topological polar surface area (TPSA) is 83.6 Å². The number of carbonyl (C=O) groups excluding carboxylic acids is 2. The summed E-state index contributed by atoms with van der Waals surface area (Å²) in [5.74, 6) is -0.410. The molecule has 0 saturated carbocycles. The Morgan fingerprint density at radius 2 is 1.90 bits per heavy atom. The third-order valence-corrected chi connectivity index (χ3v) is 5.88. The predicted octanol–water partition coefficient (Wildman–Crippen LogP) is 0.183. The molecule has 1 fully saturated rings. The molecule has 1 atom stereocenters. The lowest BCUT2D eigenvalue weighted by Gasteiger charge is -2.32. The maximum Gasteiger partial charge on any atom is 0.245 e. The fourth-order valence-corrected chi connectivity index (χ4v) is 2.43. The number of amides is 2. The first-order chi connectivity index (χ1) is 8.95. The molecular formula is C13H24N2O4S. The largest absolute Gasteiger partial charge is 0.344 e. The molecule has 6 nitrogen and oxygen atoms in total. The maximum absolute atomic E-state index is 12.5. The highest BCUT2D eigenvalue weighted by molar-refractivity contribution is 7.92. The van der Waals surface area contributed by atoms with Crippen LogP contribution < -0.4 is 5.32 Å². The van der Waals surface area contributed by atoms with E-state index in [1.165, 1.54) is 11.2 Å². The zero-order chi connectivity index (χ0) is 15.7. The van der Waals surface area contributed by atoms with Gasteiger partial charge < -0.3 is 10.2 Å². The smallest absolute Gasteiger partial charge is 0.245 e. The number of rotatable bonds is 4. The third kappa shape index (κ3) is 3.71. The molecular weight excluding hydrogens is 280 g/mol. The lowest BCUT2D eigenvalue weighted by Crippen LogP contribution is -2.52. The van der Waals surface area contributed by atoms with Gasteiger partial charge in [-0.05, 0) is 19.8 Å². The Bertz CT molecular complexity index is 497. The van der Waals surface area contributed by atoms with Crippen LogP contribution in [0.1, 0.15) is 34.1 Å². The van der Waals surface area contributed by atoms with Crippen molar-refractivity contribution < 1.29 is 18.0 Å². The fourth-order valence-electron chi connectivity index (χ4n) is 2.04. The highest BCUT2D eigenvalue weighted by Crippen LogP contribution is 2.20. The van der Waals surface area contributed by atoms with Crippen molar-refractivity contribution in [1.29, 1.82) is 0 Å². The van der Waals surface area contributed by atoms with Crippen LogP contribution in [0.3, 0.4) is 0 Å². The molecule has 1 saturated heterocycles. The van der Waals surface area contributed by atoms with E-state index in [0.29, 0.717) is 0 Å². The van der Waals surface area contributed by atoms with Crippen LogP contribution >= 0.6 is 0 Å². The van der Waals surface area contributed by atoms with Crippen LogP contribution in [0.25, 0.3) is 0 Å². The van der Waals surface area contributed by atoms with Crippen molar-refractivity contribution in [3.05, 3.63) is 0 Å². The van der Waals surface area contributed by atoms with Gasteiger partial charge in [-0.2, -0.15) is 0 Å². The van der Waals surface area contributed by atoms with Gasteiger partial charge >= 0.3 is 0 Å². The van der Waals surface area contributed by atoms with Gasteiger partial charge in [-0.1, -0.05) is 13.8 Å². The molecule has 0 bridgehead atoms. The molecule has 0 spiro atoms. The Balaban J connectivity index is 2.99. The fraction of sp³-hybridized carbons (Fsp3) is 0.846. The Kier molecular flexibility index (Phi) is 4.84. The Hall–Kier alpha value is -1.11. The van der Waals surface area contributed by atoms with E-state index in [-0.39, 0.29) is 37.2 Å². The van der Waals surface area contributed by atoms with E-state index in [0.717, 1.165) is 0 Å². The van der Waals surface area contributed by atoms with E-state index < -0.39 is 20.6 Å². The Morgan fingerprint density at radius 1 is 1.35 bits per heavy atom. The average Bonchev–Trinajstić information content (AvgIpc) is 2.40. The first-order valence-electron chi connectivity index (χ1n) is 6.73. The summed E-state index contributed by atoms with van der Waals surface area (Å²) in [6, 6.07) is -0.583. The van der Waals surface area contributed by atoms with Crippen LogP contribution in [0, 0.1) is 5.92 Å². The second-order valence-electron chi connectivity index (χ2n) is 6.33. The first-order valence-corrected chi connectivity index (χ1v) is 8.62. The SMILES string of the molecule is CC(C)C1NC(=O)CCN(CC(C)(C)S(C)(=O)=O)C1=O. The van der Waals surface area contributed by atoms with Gasteiger partial charge in [-0.25, -0.2) is 8.42 Å². The maximum atomic E-state index is 12.5. The summed E-state index contributed by atoms with van der Waals surface area (Å²) in [5.41, 5.74) is 0. The van der Waals surface area contributed by atoms with Crippen molar-refractivity contribution >= 4 is 21.7 Å². The third-order valence-electron chi connectivity index (χ3n) is 3.75. The standard InChI is InChI=1S/C13H24N2O4S/c1-9(2)11-12(17)15(7-6-10(16)14-11)8-13(3,4)20(5,18)19/h9,11H,6-8H2,1-5H3,(H,14,16). The molecule has 0 aromatic rings. The summed E-state index contributed by atoms with van der Waals surface area (Å²) < 4.78 is 22.5. The summed E-state index contributed by atoms with van der Waals surface area (Å²) in [6.45, 7) is 7.26. The van der Waals surface area contributed by atoms with Gasteiger partial charge in [0.1, 0.15) is 6.04 Å². The molecule has 0 aromatic heterocycles. The van der Waals surface area contributed by atoms with Crippen molar-refractivity contribution in [3.63, 3.8) is 0 Å². The quantitative estimate of drug-likeness (QED) is 0.803. The summed E-state index contributed by atoms with van der Waals surface area (Å²) in [5, 5.41) is 2.70. The van der Waals surface area contributed by atoms with Gasteiger partial charge in [0.05, 0.1) is 4.75 Å². The minimum atomic E-state index is -3.29. The molecule has 1 aliphatic heterocycles. The zero-order valence-electron chi connectivity index (χ0n) is 12.8. The van der Waals surface area contributed by atoms with Gasteiger partial charge in [0.15, 0.2) is 9.84 Å². The Labute approximate surface area is 120 Å². The summed E-state index contributed by atoms with van der Waals surface area (Å²) in [7, 11) is -3.29. The molecule has 1 N–H and O–H groups in total. The molecule has 7 heteroatoms. The van der Waals surface area contributed by atoms with Gasteiger partial charge in [-0.15, -0.1) is 0 Å². The van der Waals surface area contributed by atoms with Crippen molar-refractivity contribution in [2.24, 2.45) is 5.92 Å². The molecule has 1 heterocycles.